The molecule has 0 atom stereocenters. The molecule has 0 radical (unpaired) electrons. The van der Waals surface area contributed by atoms with Crippen LogP contribution in [0, 0.1) is 12.7 Å². The van der Waals surface area contributed by atoms with Crippen LogP contribution in [0.5, 0.6) is 0 Å². The quantitative estimate of drug-likeness (QED) is 0.414. The third kappa shape index (κ3) is 3.86. The van der Waals surface area contributed by atoms with Crippen LogP contribution in [0.3, 0.4) is 0 Å². The Morgan fingerprint density at radius 3 is 2.64 bits per heavy atom. The van der Waals surface area contributed by atoms with Crippen LogP contribution in [0.25, 0.3) is 22.3 Å². The summed E-state index contributed by atoms with van der Waals surface area (Å²) in [5.41, 5.74) is 4.71. The molecule has 184 valence electrons. The predicted octanol–water partition coefficient (Wildman–Crippen LogP) is 3.90. The number of morpholine rings is 1. The highest BCUT2D eigenvalue weighted by molar-refractivity contribution is 7.91. The van der Waals surface area contributed by atoms with Crippen molar-refractivity contribution >= 4 is 37.8 Å². The normalized spacial score (nSPS) is 17.3. The molecule has 2 aliphatic heterocycles. The van der Waals surface area contributed by atoms with Crippen molar-refractivity contribution in [2.24, 2.45) is 0 Å². The summed E-state index contributed by atoms with van der Waals surface area (Å²) in [4.78, 5) is 17.8. The molecular weight excluding hydrogens is 481 g/mol. The summed E-state index contributed by atoms with van der Waals surface area (Å²) in [5.74, 6) is -0.470. The summed E-state index contributed by atoms with van der Waals surface area (Å²) in [7, 11) is -3.55. The first kappa shape index (κ1) is 22.8. The molecule has 5 heterocycles. The van der Waals surface area contributed by atoms with Crippen LogP contribution in [0.2, 0.25) is 0 Å². The number of hydrogen-bond acceptors (Lipinski definition) is 8. The van der Waals surface area contributed by atoms with Gasteiger partial charge in [0.1, 0.15) is 5.82 Å². The lowest BCUT2D eigenvalue weighted by Crippen LogP contribution is -2.37. The van der Waals surface area contributed by atoms with Gasteiger partial charge in [-0.1, -0.05) is 6.07 Å². The lowest BCUT2D eigenvalue weighted by atomic mass is 10.0. The molecule has 6 rings (SSSR count). The number of ether oxygens (including phenoxy) is 1. The van der Waals surface area contributed by atoms with Gasteiger partial charge < -0.3 is 14.5 Å². The van der Waals surface area contributed by atoms with E-state index in [1.165, 1.54) is 12.1 Å². The molecule has 0 bridgehead atoms. The third-order valence-electron chi connectivity index (χ3n) is 6.70. The van der Waals surface area contributed by atoms with Gasteiger partial charge >= 0.3 is 0 Å². The average Bonchev–Trinajstić information content (AvgIpc) is 2.90. The Morgan fingerprint density at radius 1 is 1.03 bits per heavy atom. The van der Waals surface area contributed by atoms with Crippen LogP contribution in [-0.4, -0.2) is 62.0 Å². The maximum Gasteiger partial charge on any atom is 0.199 e. The van der Waals surface area contributed by atoms with E-state index in [4.69, 9.17) is 9.72 Å². The summed E-state index contributed by atoms with van der Waals surface area (Å²) >= 11 is 0. The molecule has 0 N–H and O–H groups in total. The third-order valence-corrected chi connectivity index (χ3v) is 8.32. The number of sulfone groups is 1. The van der Waals surface area contributed by atoms with Crippen LogP contribution < -0.4 is 9.80 Å². The molecule has 0 unspecified atom stereocenters. The van der Waals surface area contributed by atoms with Gasteiger partial charge in [0.05, 0.1) is 59.1 Å². The van der Waals surface area contributed by atoms with Crippen molar-refractivity contribution in [2.45, 2.75) is 11.9 Å². The second-order valence-corrected chi connectivity index (χ2v) is 10.9. The molecular formula is C26H24FN5O3S. The molecule has 0 amide bonds. The highest BCUT2D eigenvalue weighted by atomic mass is 32.2. The van der Waals surface area contributed by atoms with Crippen LogP contribution in [0.1, 0.15) is 5.56 Å². The number of fused-ring (bicyclic) bond motifs is 2. The van der Waals surface area contributed by atoms with Crippen LogP contribution >= 0.6 is 0 Å². The molecule has 0 aliphatic carbocycles. The number of halogens is 1. The summed E-state index contributed by atoms with van der Waals surface area (Å²) in [6.07, 6.45) is 3.31. The molecule has 2 aliphatic rings. The largest absolute Gasteiger partial charge is 0.378 e. The molecule has 1 aromatic carbocycles. The molecule has 1 saturated heterocycles. The first-order valence-electron chi connectivity index (χ1n) is 11.8. The molecule has 10 heteroatoms. The molecule has 3 aromatic heterocycles. The zero-order valence-electron chi connectivity index (χ0n) is 19.7. The van der Waals surface area contributed by atoms with Gasteiger partial charge in [0.25, 0.3) is 0 Å². The van der Waals surface area contributed by atoms with Gasteiger partial charge in [-0.2, -0.15) is 0 Å². The van der Waals surface area contributed by atoms with Crippen molar-refractivity contribution in [2.75, 3.05) is 48.4 Å². The highest BCUT2D eigenvalue weighted by Crippen LogP contribution is 2.43. The minimum absolute atomic E-state index is 0.0524. The maximum atomic E-state index is 14.3. The van der Waals surface area contributed by atoms with E-state index in [2.05, 4.69) is 14.9 Å². The van der Waals surface area contributed by atoms with E-state index >= 15 is 0 Å². The Balaban J connectivity index is 1.60. The minimum Gasteiger partial charge on any atom is -0.378 e. The van der Waals surface area contributed by atoms with Crippen LogP contribution in [-0.2, 0) is 14.6 Å². The molecule has 0 saturated carbocycles. The van der Waals surface area contributed by atoms with Crippen LogP contribution in [0.15, 0.2) is 59.9 Å². The number of rotatable bonds is 3. The van der Waals surface area contributed by atoms with Gasteiger partial charge in [0, 0.05) is 42.8 Å². The van der Waals surface area contributed by atoms with Gasteiger partial charge in [-0.3, -0.25) is 4.98 Å². The van der Waals surface area contributed by atoms with Crippen molar-refractivity contribution < 1.29 is 17.5 Å². The number of pyridine rings is 3. The molecule has 8 nitrogen and oxygen atoms in total. The lowest BCUT2D eigenvalue weighted by Gasteiger charge is -2.35. The predicted molar refractivity (Wildman–Crippen MR) is 136 cm³/mol. The zero-order chi connectivity index (χ0) is 24.9. The van der Waals surface area contributed by atoms with E-state index in [9.17, 15) is 12.8 Å². The van der Waals surface area contributed by atoms with Crippen LogP contribution in [0.4, 0.5) is 21.5 Å². The van der Waals surface area contributed by atoms with Crippen molar-refractivity contribution in [1.29, 1.82) is 0 Å². The first-order valence-corrected chi connectivity index (χ1v) is 13.4. The number of hydrogen-bond donors (Lipinski definition) is 0. The van der Waals surface area contributed by atoms with Gasteiger partial charge in [-0.25, -0.2) is 22.8 Å². The van der Waals surface area contributed by atoms with E-state index in [1.54, 1.807) is 18.5 Å². The summed E-state index contributed by atoms with van der Waals surface area (Å²) in [6.45, 7) is 4.79. The standard InChI is InChI=1S/C26H24FN5O3S/c1-17-24(21-4-2-3-7-28-21)30-22-14-18(27)5-6-20(22)25(17)32-10-13-36(33,34)26-23(32)15-19(16-29-26)31-8-11-35-12-9-31/h2-7,14-16H,8-13H2,1H3. The number of aromatic nitrogens is 3. The Bertz CT molecular complexity index is 1570. The Labute approximate surface area is 208 Å². The Kier molecular flexibility index (Phi) is 5.57. The van der Waals surface area contributed by atoms with E-state index in [0.717, 1.165) is 22.3 Å². The number of benzene rings is 1. The van der Waals surface area contributed by atoms with Crippen molar-refractivity contribution in [3.05, 3.63) is 66.2 Å². The van der Waals surface area contributed by atoms with Crippen molar-refractivity contribution in [1.82, 2.24) is 15.0 Å². The number of nitrogens with zero attached hydrogens (tertiary/aromatic N) is 5. The summed E-state index contributed by atoms with van der Waals surface area (Å²) in [6, 6.07) is 11.9. The fraction of sp³-hybridized carbons (Fsp3) is 0.269. The minimum atomic E-state index is -3.55. The van der Waals surface area contributed by atoms with E-state index in [-0.39, 0.29) is 17.3 Å². The smallest absolute Gasteiger partial charge is 0.199 e. The van der Waals surface area contributed by atoms with Gasteiger partial charge in [0.15, 0.2) is 14.9 Å². The first-order chi connectivity index (χ1) is 17.4. The van der Waals surface area contributed by atoms with Gasteiger partial charge in [-0.15, -0.1) is 0 Å². The summed E-state index contributed by atoms with van der Waals surface area (Å²) in [5, 5.41) is 0.784. The molecule has 0 spiro atoms. The number of anilines is 3. The second-order valence-electron chi connectivity index (χ2n) is 8.90. The van der Waals surface area contributed by atoms with Crippen molar-refractivity contribution in [3.8, 4) is 11.4 Å². The second kappa shape index (κ2) is 8.79. The van der Waals surface area contributed by atoms with Gasteiger partial charge in [-0.05, 0) is 37.3 Å². The molecule has 1 fully saturated rings. The lowest BCUT2D eigenvalue weighted by molar-refractivity contribution is 0.122. The monoisotopic (exact) mass is 505 g/mol. The fourth-order valence-electron chi connectivity index (χ4n) is 4.93. The van der Waals surface area contributed by atoms with E-state index in [1.807, 2.05) is 36.1 Å². The Morgan fingerprint density at radius 2 is 1.86 bits per heavy atom. The van der Waals surface area contributed by atoms with Crippen molar-refractivity contribution in [3.63, 3.8) is 0 Å². The van der Waals surface area contributed by atoms with E-state index in [0.29, 0.717) is 48.9 Å². The SMILES string of the molecule is Cc1c(-c2ccccn2)nc2cc(F)ccc2c1N1CCS(=O)(=O)c2ncc(N3CCOCC3)cc21. The molecule has 4 aromatic rings. The highest BCUT2D eigenvalue weighted by Gasteiger charge is 2.34. The maximum absolute atomic E-state index is 14.3. The van der Waals surface area contributed by atoms with E-state index < -0.39 is 15.7 Å². The molecule has 36 heavy (non-hydrogen) atoms. The Hall–Kier alpha value is -3.63. The van der Waals surface area contributed by atoms with Gasteiger partial charge in [0.2, 0.25) is 0 Å². The zero-order valence-corrected chi connectivity index (χ0v) is 20.5. The fourth-order valence-corrected chi connectivity index (χ4v) is 6.25. The topological polar surface area (TPSA) is 88.5 Å². The summed E-state index contributed by atoms with van der Waals surface area (Å²) < 4.78 is 45.8. The average molecular weight is 506 g/mol.